The number of aromatic nitrogens is 2. The quantitative estimate of drug-likeness (QED) is 0.875. The van der Waals surface area contributed by atoms with Crippen LogP contribution in [0.3, 0.4) is 0 Å². The summed E-state index contributed by atoms with van der Waals surface area (Å²) in [4.78, 5) is 47.3. The van der Waals surface area contributed by atoms with Crippen molar-refractivity contribution in [1.29, 1.82) is 0 Å². The highest BCUT2D eigenvalue weighted by Gasteiger charge is 2.34. The number of hydrogen-bond acceptors (Lipinski definition) is 4. The smallest absolute Gasteiger partial charge is 0.258 e. The molecule has 1 aromatic heterocycles. The second-order valence-electron chi connectivity index (χ2n) is 6.86. The average Bonchev–Trinajstić information content (AvgIpc) is 3.10. The van der Waals surface area contributed by atoms with Gasteiger partial charge >= 0.3 is 0 Å². The van der Waals surface area contributed by atoms with Crippen LogP contribution < -0.4 is 5.56 Å². The van der Waals surface area contributed by atoms with Gasteiger partial charge in [-0.3, -0.25) is 14.4 Å². The van der Waals surface area contributed by atoms with Crippen LogP contribution in [0.4, 0.5) is 0 Å². The van der Waals surface area contributed by atoms with Crippen molar-refractivity contribution in [3.63, 3.8) is 0 Å². The fourth-order valence-electron chi connectivity index (χ4n) is 3.42. The number of nitrogens with one attached hydrogen (secondary N) is 1. The highest BCUT2D eigenvalue weighted by molar-refractivity contribution is 5.88. The maximum absolute atomic E-state index is 12.5. The Hall–Kier alpha value is -2.70. The SMILES string of the molecule is CN(C)C(=O)C1CCCN1C(=O)CCCc1nc2ccccc2c(=O)[nH]1. The molecular formula is C19H24N4O3. The Labute approximate surface area is 152 Å². The number of fused-ring (bicyclic) bond motifs is 1. The summed E-state index contributed by atoms with van der Waals surface area (Å²) in [6.07, 6.45) is 3.02. The van der Waals surface area contributed by atoms with E-state index in [2.05, 4.69) is 9.97 Å². The van der Waals surface area contributed by atoms with Crippen molar-refractivity contribution in [2.24, 2.45) is 0 Å². The van der Waals surface area contributed by atoms with E-state index >= 15 is 0 Å². The lowest BCUT2D eigenvalue weighted by Crippen LogP contribution is -2.45. The maximum atomic E-state index is 12.5. The zero-order valence-corrected chi connectivity index (χ0v) is 15.2. The van der Waals surface area contributed by atoms with E-state index in [-0.39, 0.29) is 23.4 Å². The molecule has 3 rings (SSSR count). The molecule has 2 aromatic rings. The molecule has 1 fully saturated rings. The number of aromatic amines is 1. The van der Waals surface area contributed by atoms with Crippen LogP contribution >= 0.6 is 0 Å². The van der Waals surface area contributed by atoms with E-state index in [1.807, 2.05) is 6.07 Å². The molecule has 0 bridgehead atoms. The number of rotatable bonds is 5. The van der Waals surface area contributed by atoms with Crippen LogP contribution in [0.25, 0.3) is 10.9 Å². The number of nitrogens with zero attached hydrogens (tertiary/aromatic N) is 3. The molecule has 1 aliphatic rings. The van der Waals surface area contributed by atoms with Crippen molar-refractivity contribution < 1.29 is 9.59 Å². The summed E-state index contributed by atoms with van der Waals surface area (Å²) in [6, 6.07) is 6.86. The number of likely N-dealkylation sites (tertiary alicyclic amines) is 1. The van der Waals surface area contributed by atoms with Crippen LogP contribution in [0.15, 0.2) is 29.1 Å². The molecule has 0 radical (unpaired) electrons. The number of carbonyl (C=O) groups excluding carboxylic acids is 2. The summed E-state index contributed by atoms with van der Waals surface area (Å²) in [5.41, 5.74) is 0.502. The molecule has 2 heterocycles. The van der Waals surface area contributed by atoms with Gasteiger partial charge in [0.2, 0.25) is 11.8 Å². The number of benzene rings is 1. The van der Waals surface area contributed by atoms with Crippen LogP contribution in [0.2, 0.25) is 0 Å². The molecule has 2 amide bonds. The Kier molecular flexibility index (Phi) is 5.35. The number of likely N-dealkylation sites (N-methyl/N-ethyl adjacent to an activating group) is 1. The fourth-order valence-corrected chi connectivity index (χ4v) is 3.42. The van der Waals surface area contributed by atoms with E-state index in [0.29, 0.717) is 42.5 Å². The summed E-state index contributed by atoms with van der Waals surface area (Å²) in [5.74, 6) is 0.561. The minimum atomic E-state index is -0.337. The molecule has 0 saturated carbocycles. The standard InChI is InChI=1S/C19H24N4O3/c1-22(2)19(26)15-9-6-12-23(15)17(24)11-5-10-16-20-14-8-4-3-7-13(14)18(25)21-16/h3-4,7-8,15H,5-6,9-12H2,1-2H3,(H,20,21,25). The lowest BCUT2D eigenvalue weighted by molar-refractivity contribution is -0.142. The van der Waals surface area contributed by atoms with E-state index in [9.17, 15) is 14.4 Å². The number of para-hydroxylation sites is 1. The summed E-state index contributed by atoms with van der Waals surface area (Å²) >= 11 is 0. The fraction of sp³-hybridized carbons (Fsp3) is 0.474. The molecule has 1 aliphatic heterocycles. The summed E-state index contributed by atoms with van der Waals surface area (Å²) in [6.45, 7) is 0.633. The first kappa shape index (κ1) is 18.1. The second kappa shape index (κ2) is 7.68. The van der Waals surface area contributed by atoms with Gasteiger partial charge in [-0.1, -0.05) is 12.1 Å². The van der Waals surface area contributed by atoms with Crippen molar-refractivity contribution in [3.05, 3.63) is 40.4 Å². The van der Waals surface area contributed by atoms with Crippen molar-refractivity contribution >= 4 is 22.7 Å². The van der Waals surface area contributed by atoms with E-state index in [1.165, 1.54) is 0 Å². The average molecular weight is 356 g/mol. The maximum Gasteiger partial charge on any atom is 0.258 e. The summed E-state index contributed by atoms with van der Waals surface area (Å²) in [5, 5.41) is 0.564. The Balaban J connectivity index is 1.60. The van der Waals surface area contributed by atoms with Crippen LogP contribution in [0.1, 0.15) is 31.5 Å². The van der Waals surface area contributed by atoms with Gasteiger partial charge in [-0.2, -0.15) is 0 Å². The van der Waals surface area contributed by atoms with Crippen molar-refractivity contribution in [1.82, 2.24) is 19.8 Å². The number of H-pyrrole nitrogens is 1. The van der Waals surface area contributed by atoms with E-state index in [0.717, 1.165) is 12.8 Å². The summed E-state index contributed by atoms with van der Waals surface area (Å²) < 4.78 is 0. The highest BCUT2D eigenvalue weighted by Crippen LogP contribution is 2.20. The molecule has 1 aromatic carbocycles. The van der Waals surface area contributed by atoms with Gasteiger partial charge in [0.05, 0.1) is 10.9 Å². The van der Waals surface area contributed by atoms with Crippen LogP contribution in [-0.4, -0.2) is 58.3 Å². The number of aryl methyl sites for hydroxylation is 1. The molecule has 138 valence electrons. The van der Waals surface area contributed by atoms with Gasteiger partial charge in [0.25, 0.3) is 5.56 Å². The Morgan fingerprint density at radius 1 is 1.31 bits per heavy atom. The number of carbonyl (C=O) groups is 2. The molecule has 0 spiro atoms. The summed E-state index contributed by atoms with van der Waals surface area (Å²) in [7, 11) is 3.43. The Morgan fingerprint density at radius 3 is 2.85 bits per heavy atom. The third-order valence-electron chi connectivity index (χ3n) is 4.77. The second-order valence-corrected chi connectivity index (χ2v) is 6.86. The van der Waals surface area contributed by atoms with E-state index in [4.69, 9.17) is 0 Å². The Morgan fingerprint density at radius 2 is 2.08 bits per heavy atom. The zero-order valence-electron chi connectivity index (χ0n) is 15.2. The molecule has 0 aliphatic carbocycles. The monoisotopic (exact) mass is 356 g/mol. The third kappa shape index (κ3) is 3.76. The van der Waals surface area contributed by atoms with Gasteiger partial charge in [-0.05, 0) is 31.4 Å². The largest absolute Gasteiger partial charge is 0.347 e. The minimum absolute atomic E-state index is 0.00849. The molecular weight excluding hydrogens is 332 g/mol. The zero-order chi connectivity index (χ0) is 18.7. The van der Waals surface area contributed by atoms with Crippen molar-refractivity contribution in [2.75, 3.05) is 20.6 Å². The number of hydrogen-bond donors (Lipinski definition) is 1. The van der Waals surface area contributed by atoms with Crippen molar-refractivity contribution in [2.45, 2.75) is 38.1 Å². The van der Waals surface area contributed by atoms with Crippen molar-refractivity contribution in [3.8, 4) is 0 Å². The molecule has 1 N–H and O–H groups in total. The van der Waals surface area contributed by atoms with Gasteiger partial charge < -0.3 is 14.8 Å². The molecule has 26 heavy (non-hydrogen) atoms. The first-order chi connectivity index (χ1) is 12.5. The topological polar surface area (TPSA) is 86.4 Å². The van der Waals surface area contributed by atoms with Crippen LogP contribution in [0.5, 0.6) is 0 Å². The predicted octanol–water partition coefficient (Wildman–Crippen LogP) is 1.32. The molecule has 7 nitrogen and oxygen atoms in total. The molecule has 1 unspecified atom stereocenters. The lowest BCUT2D eigenvalue weighted by atomic mass is 10.1. The van der Waals surface area contributed by atoms with Crippen LogP contribution in [-0.2, 0) is 16.0 Å². The minimum Gasteiger partial charge on any atom is -0.347 e. The third-order valence-corrected chi connectivity index (χ3v) is 4.77. The number of amides is 2. The first-order valence-electron chi connectivity index (χ1n) is 8.96. The van der Waals surface area contributed by atoms with Gasteiger partial charge in [0, 0.05) is 33.5 Å². The van der Waals surface area contributed by atoms with Crippen LogP contribution in [0, 0.1) is 0 Å². The predicted molar refractivity (Wildman–Crippen MR) is 98.7 cm³/mol. The normalized spacial score (nSPS) is 16.8. The lowest BCUT2D eigenvalue weighted by Gasteiger charge is -2.26. The van der Waals surface area contributed by atoms with Gasteiger partial charge in [0.15, 0.2) is 0 Å². The van der Waals surface area contributed by atoms with Gasteiger partial charge in [-0.15, -0.1) is 0 Å². The highest BCUT2D eigenvalue weighted by atomic mass is 16.2. The Bertz CT molecular complexity index is 874. The van der Waals surface area contributed by atoms with E-state index in [1.54, 1.807) is 42.1 Å². The first-order valence-corrected chi connectivity index (χ1v) is 8.96. The van der Waals surface area contributed by atoms with E-state index < -0.39 is 0 Å². The van der Waals surface area contributed by atoms with Gasteiger partial charge in [0.1, 0.15) is 11.9 Å². The molecule has 7 heteroatoms. The molecule has 1 atom stereocenters. The van der Waals surface area contributed by atoms with Gasteiger partial charge in [-0.25, -0.2) is 4.98 Å². The molecule has 1 saturated heterocycles.